The summed E-state index contributed by atoms with van der Waals surface area (Å²) in [7, 11) is 0. The van der Waals surface area contributed by atoms with Gasteiger partial charge in [-0.2, -0.15) is 4.37 Å². The molecule has 30 heavy (non-hydrogen) atoms. The second kappa shape index (κ2) is 9.34. The Bertz CT molecular complexity index is 1080. The van der Waals surface area contributed by atoms with Gasteiger partial charge in [-0.1, -0.05) is 12.1 Å². The normalized spacial score (nSPS) is 11.0. The summed E-state index contributed by atoms with van der Waals surface area (Å²) in [6.07, 6.45) is 0.506. The number of nitrogens with zero attached hydrogens (tertiary/aromatic N) is 1. The highest BCUT2D eigenvalue weighted by atomic mass is 32.1. The molecule has 0 spiro atoms. The second-order valence-corrected chi connectivity index (χ2v) is 8.06. The van der Waals surface area contributed by atoms with Gasteiger partial charge in [-0.05, 0) is 79.2 Å². The molecule has 0 saturated carbocycles. The van der Waals surface area contributed by atoms with Crippen molar-refractivity contribution in [1.82, 2.24) is 4.37 Å². The third-order valence-corrected chi connectivity index (χ3v) is 6.05. The first kappa shape index (κ1) is 21.9. The van der Waals surface area contributed by atoms with E-state index in [0.717, 1.165) is 33.8 Å². The molecule has 0 unspecified atom stereocenters. The van der Waals surface area contributed by atoms with Crippen molar-refractivity contribution in [3.63, 3.8) is 0 Å². The summed E-state index contributed by atoms with van der Waals surface area (Å²) < 4.78 is 38.2. The lowest BCUT2D eigenvalue weighted by molar-refractivity contribution is -0.136. The summed E-state index contributed by atoms with van der Waals surface area (Å²) in [6, 6.07) is 8.51. The maximum Gasteiger partial charge on any atom is 0.303 e. The largest absolute Gasteiger partial charge is 0.488 e. The number of carboxylic acids is 1. The molecule has 0 atom stereocenters. The van der Waals surface area contributed by atoms with Gasteiger partial charge in [0.1, 0.15) is 24.8 Å². The number of rotatable bonds is 8. The summed E-state index contributed by atoms with van der Waals surface area (Å²) in [5.74, 6) is -0.619. The van der Waals surface area contributed by atoms with Crippen molar-refractivity contribution in [3.8, 4) is 17.0 Å². The van der Waals surface area contributed by atoms with Crippen LogP contribution in [-0.2, 0) is 24.5 Å². The molecule has 0 fully saturated rings. The number of hydrogen-bond acceptors (Lipinski definition) is 4. The fourth-order valence-electron chi connectivity index (χ4n) is 3.29. The highest BCUT2D eigenvalue weighted by Gasteiger charge is 2.19. The Morgan fingerprint density at radius 1 is 1.17 bits per heavy atom. The van der Waals surface area contributed by atoms with Crippen LogP contribution in [0.5, 0.6) is 5.75 Å². The number of alkyl halides is 1. The van der Waals surface area contributed by atoms with Gasteiger partial charge in [0, 0.05) is 17.5 Å². The zero-order chi connectivity index (χ0) is 21.8. The minimum absolute atomic E-state index is 0.0619. The molecule has 1 aromatic heterocycles. The van der Waals surface area contributed by atoms with Crippen molar-refractivity contribution in [1.29, 1.82) is 0 Å². The van der Waals surface area contributed by atoms with Crippen LogP contribution in [0.25, 0.3) is 11.3 Å². The van der Waals surface area contributed by atoms with Gasteiger partial charge in [0.25, 0.3) is 0 Å². The van der Waals surface area contributed by atoms with Crippen LogP contribution in [-0.4, -0.2) is 15.4 Å². The molecule has 0 amide bonds. The van der Waals surface area contributed by atoms with Crippen LogP contribution < -0.4 is 4.74 Å². The van der Waals surface area contributed by atoms with Gasteiger partial charge in [0.15, 0.2) is 0 Å². The third kappa shape index (κ3) is 4.67. The third-order valence-electron chi connectivity index (χ3n) is 5.20. The van der Waals surface area contributed by atoms with E-state index in [1.165, 1.54) is 6.07 Å². The molecular formula is C23H23F2NO3S. The van der Waals surface area contributed by atoms with Crippen molar-refractivity contribution in [2.75, 3.05) is 0 Å². The number of benzene rings is 2. The average molecular weight is 432 g/mol. The molecule has 0 aliphatic carbocycles. The van der Waals surface area contributed by atoms with Gasteiger partial charge >= 0.3 is 5.97 Å². The Morgan fingerprint density at radius 2 is 1.93 bits per heavy atom. The van der Waals surface area contributed by atoms with E-state index in [4.69, 9.17) is 9.84 Å². The number of aryl methyl sites for hydroxylation is 2. The molecule has 4 nitrogen and oxygen atoms in total. The minimum Gasteiger partial charge on any atom is -0.488 e. The summed E-state index contributed by atoms with van der Waals surface area (Å²) in [5.41, 5.74) is 4.87. The summed E-state index contributed by atoms with van der Waals surface area (Å²) >= 11 is 1.01. The molecule has 2 aromatic carbocycles. The first-order valence-corrected chi connectivity index (χ1v) is 10.3. The lowest BCUT2D eigenvalue weighted by Crippen LogP contribution is -2.04. The van der Waals surface area contributed by atoms with E-state index in [-0.39, 0.29) is 13.0 Å². The molecule has 0 aliphatic heterocycles. The summed E-state index contributed by atoms with van der Waals surface area (Å²) in [4.78, 5) is 11.2. The van der Waals surface area contributed by atoms with Gasteiger partial charge in [-0.25, -0.2) is 8.78 Å². The van der Waals surface area contributed by atoms with E-state index in [1.54, 1.807) is 25.1 Å². The van der Waals surface area contributed by atoms with Crippen LogP contribution in [0.1, 0.15) is 39.1 Å². The van der Waals surface area contributed by atoms with Gasteiger partial charge in [0.2, 0.25) is 0 Å². The number of carbonyl (C=O) groups is 1. The van der Waals surface area contributed by atoms with E-state index in [9.17, 15) is 13.6 Å². The van der Waals surface area contributed by atoms with Crippen molar-refractivity contribution in [2.45, 2.75) is 46.9 Å². The molecule has 0 radical (unpaired) electrons. The lowest BCUT2D eigenvalue weighted by Gasteiger charge is -2.15. The van der Waals surface area contributed by atoms with E-state index in [1.807, 2.05) is 19.9 Å². The smallest absolute Gasteiger partial charge is 0.303 e. The number of aliphatic carboxylic acids is 1. The highest BCUT2D eigenvalue weighted by molar-refractivity contribution is 7.06. The number of carboxylic acid groups (broad SMARTS) is 1. The van der Waals surface area contributed by atoms with Crippen molar-refractivity contribution < 1.29 is 23.4 Å². The summed E-state index contributed by atoms with van der Waals surface area (Å²) in [5, 5.41) is 8.90. The quantitative estimate of drug-likeness (QED) is 0.479. The number of halogens is 2. The second-order valence-electron chi connectivity index (χ2n) is 7.21. The fraction of sp³-hybridized carbons (Fsp3) is 0.304. The van der Waals surface area contributed by atoms with E-state index < -0.39 is 18.5 Å². The van der Waals surface area contributed by atoms with Crippen LogP contribution in [0.3, 0.4) is 0 Å². The van der Waals surface area contributed by atoms with E-state index in [2.05, 4.69) is 4.37 Å². The Morgan fingerprint density at radius 3 is 2.60 bits per heavy atom. The first-order chi connectivity index (χ1) is 14.3. The Hall–Kier alpha value is -2.80. The molecular weight excluding hydrogens is 408 g/mol. The zero-order valence-corrected chi connectivity index (χ0v) is 17.9. The van der Waals surface area contributed by atoms with Crippen molar-refractivity contribution in [3.05, 3.63) is 68.8 Å². The van der Waals surface area contributed by atoms with Gasteiger partial charge in [0.05, 0.1) is 10.6 Å². The molecule has 1 heterocycles. The first-order valence-electron chi connectivity index (χ1n) is 9.55. The SMILES string of the molecule is Cc1ccc(-c2nsc(CF)c2COc2ccc(CCC(=O)O)c(C)c2C)c(F)c1. The topological polar surface area (TPSA) is 59.4 Å². The molecule has 1 N–H and O–H groups in total. The van der Waals surface area contributed by atoms with Gasteiger partial charge < -0.3 is 9.84 Å². The van der Waals surface area contributed by atoms with Crippen LogP contribution in [0.2, 0.25) is 0 Å². The Kier molecular flexibility index (Phi) is 6.82. The number of ether oxygens (including phenoxy) is 1. The molecule has 0 saturated heterocycles. The van der Waals surface area contributed by atoms with Gasteiger partial charge in [-0.15, -0.1) is 0 Å². The van der Waals surface area contributed by atoms with Crippen molar-refractivity contribution >= 4 is 17.5 Å². The van der Waals surface area contributed by atoms with Crippen LogP contribution in [0.15, 0.2) is 30.3 Å². The average Bonchev–Trinajstić information content (AvgIpc) is 3.11. The molecule has 7 heteroatoms. The molecule has 3 rings (SSSR count). The standard InChI is InChI=1S/C23H23F2NO3S/c1-13-4-7-17(19(25)10-13)23-18(21(11-24)30-26-23)12-29-20-8-5-16(6-9-22(27)28)14(2)15(20)3/h4-5,7-8,10H,6,9,11-12H2,1-3H3,(H,27,28). The molecule has 158 valence electrons. The van der Waals surface area contributed by atoms with Crippen LogP contribution in [0, 0.1) is 26.6 Å². The molecule has 0 bridgehead atoms. The lowest BCUT2D eigenvalue weighted by atomic mass is 9.99. The van der Waals surface area contributed by atoms with Crippen molar-refractivity contribution in [2.24, 2.45) is 0 Å². The van der Waals surface area contributed by atoms with Crippen LogP contribution >= 0.6 is 11.5 Å². The van der Waals surface area contributed by atoms with E-state index in [0.29, 0.717) is 33.9 Å². The zero-order valence-electron chi connectivity index (χ0n) is 17.1. The summed E-state index contributed by atoms with van der Waals surface area (Å²) in [6.45, 7) is 4.99. The molecule has 0 aliphatic rings. The monoisotopic (exact) mass is 431 g/mol. The maximum absolute atomic E-state index is 14.5. The number of hydrogen-bond donors (Lipinski definition) is 1. The van der Waals surface area contributed by atoms with Crippen LogP contribution in [0.4, 0.5) is 8.78 Å². The predicted octanol–water partition coefficient (Wildman–Crippen LogP) is 5.94. The highest BCUT2D eigenvalue weighted by Crippen LogP contribution is 2.33. The molecule has 3 aromatic rings. The van der Waals surface area contributed by atoms with Gasteiger partial charge in [-0.3, -0.25) is 4.79 Å². The fourth-order valence-corrected chi connectivity index (χ4v) is 4.02. The number of aromatic nitrogens is 1. The predicted molar refractivity (Wildman–Crippen MR) is 113 cm³/mol. The Labute approximate surface area is 178 Å². The Balaban J connectivity index is 1.86. The maximum atomic E-state index is 14.5. The minimum atomic E-state index is -0.841. The van der Waals surface area contributed by atoms with E-state index >= 15 is 0 Å².